The van der Waals surface area contributed by atoms with Crippen molar-refractivity contribution in [2.45, 2.75) is 65.0 Å². The molecule has 2 aliphatic carbocycles. The van der Waals surface area contributed by atoms with Crippen molar-refractivity contribution in [1.29, 1.82) is 0 Å². The van der Waals surface area contributed by atoms with Gasteiger partial charge in [0.05, 0.1) is 62.0 Å². The van der Waals surface area contributed by atoms with Crippen molar-refractivity contribution in [3.05, 3.63) is 168 Å². The molecule has 6 aromatic carbocycles. The normalized spacial score (nSPS) is 13.7. The van der Waals surface area contributed by atoms with Crippen LogP contribution >= 0.6 is 0 Å². The van der Waals surface area contributed by atoms with Crippen molar-refractivity contribution in [2.24, 2.45) is 0 Å². The average molecular weight is 835 g/mol. The highest BCUT2D eigenvalue weighted by molar-refractivity contribution is 6.89. The van der Waals surface area contributed by atoms with Gasteiger partial charge in [-0.1, -0.05) is 110 Å². The first-order chi connectivity index (χ1) is 30.0. The minimum Gasteiger partial charge on any atom is -0.307 e. The standard InChI is InChI=1S/C56H50N4Si2/c1-61(2,3)43-15-7-11-35(27-43)37-19-23-51-47(29-37)49-31-39-17-18-40-32-50-48-30-38(36-12-8-16-44(28-36)62(4,5)6)20-24-52(48)60(42-14-10-26-58-34-42)56(50)46-22-21-45(53(39)54(40)46)55(49)59(51)41-13-9-25-57-33-41/h7-16,19-20,23-34H,17-18,21-22H2,1-6H3. The molecule has 0 N–H and O–H groups in total. The smallest absolute Gasteiger partial charge is 0.0776 e. The zero-order valence-electron chi connectivity index (χ0n) is 36.5. The van der Waals surface area contributed by atoms with Crippen LogP contribution in [0.25, 0.3) is 88.4 Å². The lowest BCUT2D eigenvalue weighted by Crippen LogP contribution is -2.37. The Labute approximate surface area is 365 Å². The molecule has 4 nitrogen and oxygen atoms in total. The molecule has 0 bridgehead atoms. The fourth-order valence-electron chi connectivity index (χ4n) is 10.9. The van der Waals surface area contributed by atoms with E-state index >= 15 is 0 Å². The molecule has 0 radical (unpaired) electrons. The Morgan fingerprint density at radius 1 is 0.419 bits per heavy atom. The van der Waals surface area contributed by atoms with Gasteiger partial charge in [0, 0.05) is 33.9 Å². The Morgan fingerprint density at radius 2 is 0.855 bits per heavy atom. The second kappa shape index (κ2) is 13.6. The Balaban J connectivity index is 1.12. The molecule has 0 aliphatic heterocycles. The molecule has 0 amide bonds. The summed E-state index contributed by atoms with van der Waals surface area (Å²) >= 11 is 0. The first-order valence-corrected chi connectivity index (χ1v) is 29.3. The highest BCUT2D eigenvalue weighted by atomic mass is 28.3. The van der Waals surface area contributed by atoms with E-state index in [1.807, 2.05) is 24.8 Å². The molecule has 0 saturated carbocycles. The van der Waals surface area contributed by atoms with E-state index in [0.29, 0.717) is 0 Å². The Hall–Kier alpha value is -6.35. The van der Waals surface area contributed by atoms with Crippen molar-refractivity contribution >= 4 is 70.1 Å². The van der Waals surface area contributed by atoms with Gasteiger partial charge in [0.15, 0.2) is 0 Å². The quantitative estimate of drug-likeness (QED) is 0.156. The maximum absolute atomic E-state index is 4.65. The summed E-state index contributed by atoms with van der Waals surface area (Å²) in [6.45, 7) is 14.6. The number of aryl methyl sites for hydroxylation is 4. The third-order valence-electron chi connectivity index (χ3n) is 13.9. The number of pyridine rings is 2. The van der Waals surface area contributed by atoms with Gasteiger partial charge in [-0.05, 0) is 142 Å². The van der Waals surface area contributed by atoms with Gasteiger partial charge >= 0.3 is 0 Å². The van der Waals surface area contributed by atoms with Gasteiger partial charge in [-0.25, -0.2) is 0 Å². The van der Waals surface area contributed by atoms with Crippen LogP contribution in [0.4, 0.5) is 0 Å². The highest BCUT2D eigenvalue weighted by Gasteiger charge is 2.33. The second-order valence-corrected chi connectivity index (χ2v) is 29.9. The van der Waals surface area contributed by atoms with E-state index in [0.717, 1.165) is 37.1 Å². The number of hydrogen-bond acceptors (Lipinski definition) is 2. The molecule has 0 unspecified atom stereocenters. The Kier molecular flexibility index (Phi) is 8.19. The predicted molar refractivity (Wildman–Crippen MR) is 268 cm³/mol. The van der Waals surface area contributed by atoms with Crippen molar-refractivity contribution in [3.63, 3.8) is 0 Å². The van der Waals surface area contributed by atoms with Crippen molar-refractivity contribution < 1.29 is 0 Å². The second-order valence-electron chi connectivity index (χ2n) is 19.8. The first kappa shape index (κ1) is 37.4. The maximum Gasteiger partial charge on any atom is 0.0776 e. The van der Waals surface area contributed by atoms with E-state index in [1.165, 1.54) is 110 Å². The lowest BCUT2D eigenvalue weighted by atomic mass is 9.74. The summed E-state index contributed by atoms with van der Waals surface area (Å²) < 4.78 is 5.03. The van der Waals surface area contributed by atoms with E-state index in [-0.39, 0.29) is 0 Å². The number of hydrogen-bond donors (Lipinski definition) is 0. The van der Waals surface area contributed by atoms with Crippen molar-refractivity contribution in [2.75, 3.05) is 0 Å². The van der Waals surface area contributed by atoms with E-state index < -0.39 is 16.1 Å². The molecule has 4 heterocycles. The third-order valence-corrected chi connectivity index (χ3v) is 18.0. The summed E-state index contributed by atoms with van der Waals surface area (Å²) in [7, 11) is -2.95. The van der Waals surface area contributed by atoms with Gasteiger partial charge in [0.2, 0.25) is 0 Å². The van der Waals surface area contributed by atoms with Crippen LogP contribution in [0.15, 0.2) is 146 Å². The van der Waals surface area contributed by atoms with E-state index in [9.17, 15) is 0 Å². The SMILES string of the molecule is C[Si](C)(C)c1cccc(-c2ccc3c(c2)c2cc4c5c(c2n3-c2cccnc2)CCc2c-5c(cc3c5cc(-c6cccc([Si](C)(C)C)c6)ccc5n(-c5cccnc5)c23)CC4)c1. The summed E-state index contributed by atoms with van der Waals surface area (Å²) in [5.74, 6) is 0. The molecule has 302 valence electrons. The summed E-state index contributed by atoms with van der Waals surface area (Å²) in [5.41, 5.74) is 21.3. The van der Waals surface area contributed by atoms with Gasteiger partial charge in [-0.15, -0.1) is 0 Å². The molecule has 2 aliphatic rings. The molecule has 0 atom stereocenters. The lowest BCUT2D eigenvalue weighted by molar-refractivity contribution is 0.883. The molecular formula is C56H50N4Si2. The van der Waals surface area contributed by atoms with Crippen LogP contribution in [0.1, 0.15) is 22.3 Å². The van der Waals surface area contributed by atoms with Gasteiger partial charge in [-0.2, -0.15) is 0 Å². The fraction of sp³-hybridized carbons (Fsp3) is 0.179. The maximum atomic E-state index is 4.65. The summed E-state index contributed by atoms with van der Waals surface area (Å²) in [4.78, 5) is 9.31. The number of nitrogens with zero attached hydrogens (tertiary/aromatic N) is 4. The van der Waals surface area contributed by atoms with Gasteiger partial charge in [0.1, 0.15) is 0 Å². The Morgan fingerprint density at radius 3 is 1.26 bits per heavy atom. The van der Waals surface area contributed by atoms with Crippen LogP contribution in [-0.4, -0.2) is 35.2 Å². The largest absolute Gasteiger partial charge is 0.307 e. The molecule has 6 heteroatoms. The molecule has 12 rings (SSSR count). The molecule has 62 heavy (non-hydrogen) atoms. The average Bonchev–Trinajstić information content (AvgIpc) is 3.80. The van der Waals surface area contributed by atoms with Gasteiger partial charge in [0.25, 0.3) is 0 Å². The van der Waals surface area contributed by atoms with Crippen molar-refractivity contribution in [1.82, 2.24) is 19.1 Å². The van der Waals surface area contributed by atoms with Crippen LogP contribution in [0.2, 0.25) is 39.3 Å². The zero-order chi connectivity index (χ0) is 42.1. The van der Waals surface area contributed by atoms with Crippen LogP contribution in [0.5, 0.6) is 0 Å². The fourth-order valence-corrected chi connectivity index (χ4v) is 13.2. The molecule has 4 aromatic heterocycles. The van der Waals surface area contributed by atoms with Crippen LogP contribution < -0.4 is 10.4 Å². The first-order valence-electron chi connectivity index (χ1n) is 22.3. The Bertz CT molecular complexity index is 3240. The van der Waals surface area contributed by atoms with Gasteiger partial charge < -0.3 is 9.13 Å². The zero-order valence-corrected chi connectivity index (χ0v) is 38.5. The predicted octanol–water partition coefficient (Wildman–Crippen LogP) is 13.0. The number of aromatic nitrogens is 4. The minimum atomic E-state index is -1.48. The molecular weight excluding hydrogens is 785 g/mol. The van der Waals surface area contributed by atoms with Crippen LogP contribution in [0.3, 0.4) is 0 Å². The summed E-state index contributed by atoms with van der Waals surface area (Å²) in [5, 5.41) is 8.31. The van der Waals surface area contributed by atoms with E-state index in [2.05, 4.69) is 180 Å². The van der Waals surface area contributed by atoms with E-state index in [1.54, 1.807) is 0 Å². The van der Waals surface area contributed by atoms with Gasteiger partial charge in [-0.3, -0.25) is 9.97 Å². The molecule has 10 aromatic rings. The topological polar surface area (TPSA) is 35.6 Å². The molecule has 0 spiro atoms. The minimum absolute atomic E-state index is 0.968. The summed E-state index contributed by atoms with van der Waals surface area (Å²) in [6.07, 6.45) is 11.8. The highest BCUT2D eigenvalue weighted by Crippen LogP contribution is 2.51. The molecule has 0 fully saturated rings. The van der Waals surface area contributed by atoms with Crippen LogP contribution in [0, 0.1) is 0 Å². The third kappa shape index (κ3) is 5.69. The monoisotopic (exact) mass is 834 g/mol. The summed E-state index contributed by atoms with van der Waals surface area (Å²) in [6, 6.07) is 46.6. The van der Waals surface area contributed by atoms with Crippen molar-refractivity contribution in [3.8, 4) is 44.8 Å². The lowest BCUT2D eigenvalue weighted by Gasteiger charge is -2.31. The number of rotatable bonds is 6. The van der Waals surface area contributed by atoms with E-state index in [4.69, 9.17) is 0 Å². The number of benzene rings is 6. The van der Waals surface area contributed by atoms with Crippen LogP contribution in [-0.2, 0) is 25.7 Å². The number of fused-ring (bicyclic) bond motifs is 8. The molecule has 0 saturated heterocycles.